The highest BCUT2D eigenvalue weighted by molar-refractivity contribution is 7.98. The maximum absolute atomic E-state index is 11.7. The van der Waals surface area contributed by atoms with Crippen LogP contribution in [0.5, 0.6) is 0 Å². The Hall–Kier alpha value is -1.17. The second-order valence-corrected chi connectivity index (χ2v) is 5.28. The van der Waals surface area contributed by atoms with E-state index in [1.807, 2.05) is 25.6 Å². The van der Waals surface area contributed by atoms with Gasteiger partial charge in [0.2, 0.25) is 5.91 Å². The van der Waals surface area contributed by atoms with Gasteiger partial charge in [-0.15, -0.1) is 0 Å². The summed E-state index contributed by atoms with van der Waals surface area (Å²) in [6, 6.07) is 0. The molecule has 1 aromatic heterocycles. The normalized spacial score (nSPS) is 10.6. The number of carbonyl (C=O) groups excluding carboxylic acids is 1. The minimum absolute atomic E-state index is 0.00949. The van der Waals surface area contributed by atoms with E-state index in [0.717, 1.165) is 36.5 Å². The average Bonchev–Trinajstić information content (AvgIpc) is 2.57. The van der Waals surface area contributed by atoms with Gasteiger partial charge in [0.25, 0.3) is 0 Å². The van der Waals surface area contributed by atoms with Crippen LogP contribution in [0.4, 0.5) is 5.69 Å². The van der Waals surface area contributed by atoms with Crippen LogP contribution in [0.15, 0.2) is 0 Å². The molecule has 1 heterocycles. The van der Waals surface area contributed by atoms with Gasteiger partial charge >= 0.3 is 0 Å². The van der Waals surface area contributed by atoms with Crippen molar-refractivity contribution in [3.8, 4) is 0 Å². The van der Waals surface area contributed by atoms with Crippen molar-refractivity contribution in [1.29, 1.82) is 0 Å². The summed E-state index contributed by atoms with van der Waals surface area (Å²) in [5, 5.41) is 7.13. The largest absolute Gasteiger partial charge is 0.396 e. The molecule has 0 aromatic carbocycles. The standard InChI is InChI=1S/C12H22N4OS/c1-9-12(13)10(2)16(15-9)8-11(17)14-6-4-5-7-18-3/h4-8,13H2,1-3H3,(H,14,17). The Bertz CT molecular complexity index is 403. The highest BCUT2D eigenvalue weighted by Gasteiger charge is 2.10. The molecule has 0 saturated heterocycles. The monoisotopic (exact) mass is 270 g/mol. The van der Waals surface area contributed by atoms with Crippen LogP contribution >= 0.6 is 11.8 Å². The summed E-state index contributed by atoms with van der Waals surface area (Å²) in [4.78, 5) is 11.7. The second-order valence-electron chi connectivity index (χ2n) is 4.29. The number of aryl methyl sites for hydroxylation is 1. The van der Waals surface area contributed by atoms with E-state index in [1.165, 1.54) is 0 Å². The van der Waals surface area contributed by atoms with Crippen LogP contribution in [0.3, 0.4) is 0 Å². The molecular weight excluding hydrogens is 248 g/mol. The molecule has 1 amide bonds. The van der Waals surface area contributed by atoms with Crippen LogP contribution in [0.2, 0.25) is 0 Å². The third-order valence-corrected chi connectivity index (χ3v) is 3.53. The Morgan fingerprint density at radius 1 is 1.44 bits per heavy atom. The van der Waals surface area contributed by atoms with E-state index in [2.05, 4.69) is 16.7 Å². The SMILES string of the molecule is CSCCCCNC(=O)Cn1nc(C)c(N)c1C. The van der Waals surface area contributed by atoms with E-state index < -0.39 is 0 Å². The summed E-state index contributed by atoms with van der Waals surface area (Å²) in [5.74, 6) is 1.13. The fourth-order valence-corrected chi connectivity index (χ4v) is 2.15. The van der Waals surface area contributed by atoms with Gasteiger partial charge in [0, 0.05) is 6.54 Å². The molecule has 0 spiro atoms. The van der Waals surface area contributed by atoms with E-state index in [9.17, 15) is 4.79 Å². The van der Waals surface area contributed by atoms with Crippen molar-refractivity contribution in [2.75, 3.05) is 24.3 Å². The van der Waals surface area contributed by atoms with E-state index in [-0.39, 0.29) is 12.5 Å². The van der Waals surface area contributed by atoms with Gasteiger partial charge in [-0.1, -0.05) is 0 Å². The highest BCUT2D eigenvalue weighted by Crippen LogP contribution is 2.14. The fourth-order valence-electron chi connectivity index (χ4n) is 1.66. The van der Waals surface area contributed by atoms with E-state index in [4.69, 9.17) is 5.73 Å². The molecule has 0 atom stereocenters. The molecule has 3 N–H and O–H groups in total. The first kappa shape index (κ1) is 14.9. The molecule has 0 aliphatic rings. The maximum atomic E-state index is 11.7. The van der Waals surface area contributed by atoms with Gasteiger partial charge in [-0.05, 0) is 38.7 Å². The zero-order valence-electron chi connectivity index (χ0n) is 11.3. The zero-order chi connectivity index (χ0) is 13.5. The smallest absolute Gasteiger partial charge is 0.241 e. The van der Waals surface area contributed by atoms with Crippen molar-refractivity contribution in [1.82, 2.24) is 15.1 Å². The summed E-state index contributed by atoms with van der Waals surface area (Å²) in [6.45, 7) is 4.70. The molecule has 102 valence electrons. The molecule has 1 rings (SSSR count). The molecule has 0 saturated carbocycles. The van der Waals surface area contributed by atoms with Gasteiger partial charge in [-0.2, -0.15) is 16.9 Å². The van der Waals surface area contributed by atoms with E-state index >= 15 is 0 Å². The van der Waals surface area contributed by atoms with Crippen LogP contribution in [0, 0.1) is 13.8 Å². The number of carbonyl (C=O) groups is 1. The Morgan fingerprint density at radius 2 is 2.17 bits per heavy atom. The molecule has 1 aromatic rings. The quantitative estimate of drug-likeness (QED) is 0.733. The number of hydrogen-bond acceptors (Lipinski definition) is 4. The lowest BCUT2D eigenvalue weighted by Gasteiger charge is -2.06. The van der Waals surface area contributed by atoms with Crippen molar-refractivity contribution >= 4 is 23.4 Å². The number of hydrogen-bond donors (Lipinski definition) is 2. The highest BCUT2D eigenvalue weighted by atomic mass is 32.2. The third-order valence-electron chi connectivity index (χ3n) is 2.83. The lowest BCUT2D eigenvalue weighted by atomic mass is 10.3. The lowest BCUT2D eigenvalue weighted by Crippen LogP contribution is -2.29. The van der Waals surface area contributed by atoms with Crippen molar-refractivity contribution in [2.45, 2.75) is 33.2 Å². The first-order valence-corrected chi connectivity index (χ1v) is 7.50. The van der Waals surface area contributed by atoms with Crippen molar-refractivity contribution in [3.05, 3.63) is 11.4 Å². The number of nitrogens with zero attached hydrogens (tertiary/aromatic N) is 2. The van der Waals surface area contributed by atoms with Crippen LogP contribution in [-0.2, 0) is 11.3 Å². The molecule has 0 radical (unpaired) electrons. The molecule has 0 aliphatic carbocycles. The number of anilines is 1. The topological polar surface area (TPSA) is 72.9 Å². The zero-order valence-corrected chi connectivity index (χ0v) is 12.1. The molecule has 0 aliphatic heterocycles. The van der Waals surface area contributed by atoms with E-state index in [1.54, 1.807) is 4.68 Å². The summed E-state index contributed by atoms with van der Waals surface area (Å²) >= 11 is 1.83. The summed E-state index contributed by atoms with van der Waals surface area (Å²) in [6.07, 6.45) is 4.24. The van der Waals surface area contributed by atoms with Crippen LogP contribution in [0.1, 0.15) is 24.2 Å². The van der Waals surface area contributed by atoms with E-state index in [0.29, 0.717) is 5.69 Å². The third kappa shape index (κ3) is 4.25. The number of nitrogens with two attached hydrogens (primary N) is 1. The fraction of sp³-hybridized carbons (Fsp3) is 0.667. The number of amides is 1. The predicted molar refractivity (Wildman–Crippen MR) is 76.7 cm³/mol. The number of thioether (sulfide) groups is 1. The van der Waals surface area contributed by atoms with Crippen molar-refractivity contribution in [2.24, 2.45) is 0 Å². The Balaban J connectivity index is 2.33. The summed E-state index contributed by atoms with van der Waals surface area (Å²) in [5.41, 5.74) is 8.12. The van der Waals surface area contributed by atoms with Gasteiger partial charge in [0.1, 0.15) is 6.54 Å². The Labute approximate surface area is 112 Å². The van der Waals surface area contributed by atoms with Crippen LogP contribution in [0.25, 0.3) is 0 Å². The number of nitrogens with one attached hydrogen (secondary N) is 1. The van der Waals surface area contributed by atoms with Gasteiger partial charge in [-0.3, -0.25) is 9.48 Å². The van der Waals surface area contributed by atoms with Gasteiger partial charge in [0.05, 0.1) is 17.1 Å². The van der Waals surface area contributed by atoms with Crippen molar-refractivity contribution in [3.63, 3.8) is 0 Å². The molecule has 0 unspecified atom stereocenters. The molecule has 18 heavy (non-hydrogen) atoms. The summed E-state index contributed by atoms with van der Waals surface area (Å²) in [7, 11) is 0. The number of rotatable bonds is 7. The molecule has 0 bridgehead atoms. The maximum Gasteiger partial charge on any atom is 0.241 e. The predicted octanol–water partition coefficient (Wildman–Crippen LogP) is 1.34. The first-order valence-electron chi connectivity index (χ1n) is 6.11. The summed E-state index contributed by atoms with van der Waals surface area (Å²) < 4.78 is 1.65. The number of aromatic nitrogens is 2. The Morgan fingerprint density at radius 3 is 2.72 bits per heavy atom. The number of nitrogen functional groups attached to an aromatic ring is 1. The molecule has 0 fully saturated rings. The van der Waals surface area contributed by atoms with Gasteiger partial charge < -0.3 is 11.1 Å². The lowest BCUT2D eigenvalue weighted by molar-refractivity contribution is -0.121. The van der Waals surface area contributed by atoms with Crippen LogP contribution < -0.4 is 11.1 Å². The first-order chi connectivity index (χ1) is 8.56. The van der Waals surface area contributed by atoms with Gasteiger partial charge in [-0.25, -0.2) is 0 Å². The molecular formula is C12H22N4OS. The van der Waals surface area contributed by atoms with Crippen LogP contribution in [-0.4, -0.2) is 34.2 Å². The van der Waals surface area contributed by atoms with Gasteiger partial charge in [0.15, 0.2) is 0 Å². The minimum Gasteiger partial charge on any atom is -0.396 e. The average molecular weight is 270 g/mol. The number of unbranched alkanes of at least 4 members (excludes halogenated alkanes) is 1. The molecule has 6 heteroatoms. The van der Waals surface area contributed by atoms with Crippen molar-refractivity contribution < 1.29 is 4.79 Å². The Kier molecular flexibility index (Phi) is 6.04. The minimum atomic E-state index is -0.00949. The molecule has 5 nitrogen and oxygen atoms in total. The second kappa shape index (κ2) is 7.31.